The van der Waals surface area contributed by atoms with Crippen molar-refractivity contribution < 1.29 is 0 Å². The zero-order valence-electron chi connectivity index (χ0n) is 34.2. The van der Waals surface area contributed by atoms with Gasteiger partial charge in [0.15, 0.2) is 6.17 Å². The van der Waals surface area contributed by atoms with Crippen molar-refractivity contribution in [1.82, 2.24) is 14.9 Å². The molecule has 3 heterocycles. The molecular weight excluding hydrogens is 767 g/mol. The third-order valence-corrected chi connectivity index (χ3v) is 12.3. The Bertz CT molecular complexity index is 3520. The van der Waals surface area contributed by atoms with Crippen molar-refractivity contribution in [2.24, 2.45) is 9.98 Å². The summed E-state index contributed by atoms with van der Waals surface area (Å²) >= 11 is 0. The molecule has 0 fully saturated rings. The molecule has 0 aliphatic carbocycles. The molecule has 1 aliphatic rings. The van der Waals surface area contributed by atoms with Crippen LogP contribution in [0.15, 0.2) is 234 Å². The lowest BCUT2D eigenvalue weighted by Crippen LogP contribution is -2.36. The Balaban J connectivity index is 0.895. The number of aliphatic imine (C=N–C) groups is 2. The first-order valence-corrected chi connectivity index (χ1v) is 21.4. The normalized spacial score (nSPS) is 13.9. The zero-order chi connectivity index (χ0) is 41.7. The van der Waals surface area contributed by atoms with Crippen LogP contribution >= 0.6 is 0 Å². The number of nitrogens with zero attached hydrogens (tertiary/aromatic N) is 4. The van der Waals surface area contributed by atoms with Crippen LogP contribution in [0.1, 0.15) is 22.9 Å². The summed E-state index contributed by atoms with van der Waals surface area (Å²) in [6.45, 7) is 0. The highest BCUT2D eigenvalue weighted by molar-refractivity contribution is 6.18. The predicted molar refractivity (Wildman–Crippen MR) is 262 cm³/mol. The van der Waals surface area contributed by atoms with Crippen molar-refractivity contribution in [3.63, 3.8) is 0 Å². The smallest absolute Gasteiger partial charge is 0.169 e. The topological polar surface area (TPSA) is 54.6 Å². The second-order valence-corrected chi connectivity index (χ2v) is 16.0. The molecule has 0 radical (unpaired) electrons. The average Bonchev–Trinajstić information content (AvgIpc) is 3.71. The minimum Gasteiger partial charge on any atom is -0.324 e. The van der Waals surface area contributed by atoms with Gasteiger partial charge in [0.25, 0.3) is 0 Å². The standard InChI is InChI=1S/C58H39N5/c1-3-15-39(16-4-1)55-50-25-14-24-46(54(50)49-23-7-10-26-51(49)59-55)44-20-13-19-43(37-44)38-29-31-41(32-30-38)57-60-56(40-17-5-2-6-18-40)61-58(62-57)42-33-35-45(36-34-42)63-52-27-11-8-21-47(52)48-22-9-12-28-53(48)63/h1-37,57H,(H,60,61,62). The average molecular weight is 806 g/mol. The Morgan fingerprint density at radius 3 is 1.60 bits per heavy atom. The lowest BCUT2D eigenvalue weighted by molar-refractivity contribution is 0.756. The molecule has 0 amide bonds. The molecule has 63 heavy (non-hydrogen) atoms. The van der Waals surface area contributed by atoms with E-state index < -0.39 is 6.17 Å². The van der Waals surface area contributed by atoms with Crippen molar-refractivity contribution in [3.8, 4) is 39.2 Å². The lowest BCUT2D eigenvalue weighted by Gasteiger charge is -2.22. The molecule has 0 spiro atoms. The highest BCUT2D eigenvalue weighted by Crippen LogP contribution is 2.40. The van der Waals surface area contributed by atoms with Crippen LogP contribution in [0, 0.1) is 0 Å². The number of hydrogen-bond acceptors (Lipinski definition) is 4. The summed E-state index contributed by atoms with van der Waals surface area (Å²) < 4.78 is 2.34. The molecule has 0 saturated carbocycles. The van der Waals surface area contributed by atoms with Crippen molar-refractivity contribution in [3.05, 3.63) is 241 Å². The van der Waals surface area contributed by atoms with E-state index in [1.54, 1.807) is 0 Å². The molecule has 1 N–H and O–H groups in total. The number of fused-ring (bicyclic) bond motifs is 6. The minimum absolute atomic E-state index is 0.426. The predicted octanol–water partition coefficient (Wildman–Crippen LogP) is 14.0. The molecule has 12 rings (SSSR count). The van der Waals surface area contributed by atoms with Gasteiger partial charge in [0, 0.05) is 49.3 Å². The van der Waals surface area contributed by atoms with E-state index in [2.05, 4.69) is 216 Å². The SMILES string of the molecule is c1ccc(C2=NC(c3ccc(-c4cccc(-c5cccc6c(-c7ccccc7)nc7ccccc7c56)c4)cc3)N=C(c3ccc(-n4c5ccccc5c5ccccc54)cc3)N2)cc1. The molecule has 2 aromatic heterocycles. The van der Waals surface area contributed by atoms with Crippen LogP contribution in [0.4, 0.5) is 0 Å². The molecule has 1 atom stereocenters. The first kappa shape index (κ1) is 36.4. The van der Waals surface area contributed by atoms with Gasteiger partial charge in [-0.05, 0) is 76.3 Å². The minimum atomic E-state index is -0.426. The highest BCUT2D eigenvalue weighted by atomic mass is 15.2. The first-order chi connectivity index (χ1) is 31.2. The molecule has 11 aromatic rings. The van der Waals surface area contributed by atoms with Gasteiger partial charge in [0.2, 0.25) is 0 Å². The molecule has 1 aliphatic heterocycles. The van der Waals surface area contributed by atoms with Gasteiger partial charge in [0.05, 0.1) is 22.2 Å². The molecule has 0 bridgehead atoms. The second-order valence-electron chi connectivity index (χ2n) is 16.0. The summed E-state index contributed by atoms with van der Waals surface area (Å²) in [7, 11) is 0. The Kier molecular flexibility index (Phi) is 8.82. The molecule has 0 saturated heterocycles. The van der Waals surface area contributed by atoms with Gasteiger partial charge in [0.1, 0.15) is 11.7 Å². The number of rotatable bonds is 7. The van der Waals surface area contributed by atoms with Crippen LogP contribution in [0.2, 0.25) is 0 Å². The molecule has 9 aromatic carbocycles. The van der Waals surface area contributed by atoms with E-state index >= 15 is 0 Å². The number of hydrogen-bond donors (Lipinski definition) is 1. The van der Waals surface area contributed by atoms with Gasteiger partial charge in [-0.1, -0.05) is 176 Å². The highest BCUT2D eigenvalue weighted by Gasteiger charge is 2.22. The fraction of sp³-hybridized carbons (Fsp3) is 0.0172. The molecule has 296 valence electrons. The Morgan fingerprint density at radius 2 is 0.905 bits per heavy atom. The third kappa shape index (κ3) is 6.46. The molecule has 5 nitrogen and oxygen atoms in total. The maximum Gasteiger partial charge on any atom is 0.169 e. The summed E-state index contributed by atoms with van der Waals surface area (Å²) in [4.78, 5) is 15.6. The fourth-order valence-electron chi connectivity index (χ4n) is 9.23. The van der Waals surface area contributed by atoms with Crippen molar-refractivity contribution in [1.29, 1.82) is 0 Å². The number of amidine groups is 2. The molecule has 5 heteroatoms. The number of para-hydroxylation sites is 3. The third-order valence-electron chi connectivity index (χ3n) is 12.3. The van der Waals surface area contributed by atoms with Crippen LogP contribution < -0.4 is 5.32 Å². The Labute approximate surface area is 365 Å². The lowest BCUT2D eigenvalue weighted by atomic mass is 9.91. The van der Waals surface area contributed by atoms with Crippen molar-refractivity contribution in [2.75, 3.05) is 0 Å². The van der Waals surface area contributed by atoms with E-state index in [1.807, 2.05) is 18.2 Å². The molecule has 1 unspecified atom stereocenters. The van der Waals surface area contributed by atoms with Crippen LogP contribution in [0.25, 0.3) is 82.7 Å². The number of nitrogens with one attached hydrogen (secondary N) is 1. The Morgan fingerprint density at radius 1 is 0.381 bits per heavy atom. The summed E-state index contributed by atoms with van der Waals surface area (Å²) in [5.41, 5.74) is 14.2. The maximum atomic E-state index is 5.24. The van der Waals surface area contributed by atoms with Gasteiger partial charge >= 0.3 is 0 Å². The van der Waals surface area contributed by atoms with Gasteiger partial charge < -0.3 is 9.88 Å². The number of pyridine rings is 1. The number of benzene rings is 9. The van der Waals surface area contributed by atoms with Crippen LogP contribution in [0.5, 0.6) is 0 Å². The monoisotopic (exact) mass is 805 g/mol. The quantitative estimate of drug-likeness (QED) is 0.163. The van der Waals surface area contributed by atoms with Crippen molar-refractivity contribution in [2.45, 2.75) is 6.17 Å². The van der Waals surface area contributed by atoms with Gasteiger partial charge in [-0.3, -0.25) is 0 Å². The van der Waals surface area contributed by atoms with E-state index in [-0.39, 0.29) is 0 Å². The second kappa shape index (κ2) is 15.2. The van der Waals surface area contributed by atoms with Gasteiger partial charge in [-0.2, -0.15) is 0 Å². The molecular formula is C58H39N5. The van der Waals surface area contributed by atoms with Crippen LogP contribution in [-0.2, 0) is 0 Å². The maximum absolute atomic E-state index is 5.24. The van der Waals surface area contributed by atoms with Gasteiger partial charge in [-0.15, -0.1) is 0 Å². The Hall–Kier alpha value is -8.41. The van der Waals surface area contributed by atoms with Crippen LogP contribution in [-0.4, -0.2) is 21.2 Å². The largest absolute Gasteiger partial charge is 0.324 e. The van der Waals surface area contributed by atoms with E-state index in [1.165, 1.54) is 32.8 Å². The first-order valence-electron chi connectivity index (χ1n) is 21.4. The fourth-order valence-corrected chi connectivity index (χ4v) is 9.23. The number of aromatic nitrogens is 2. The van der Waals surface area contributed by atoms with Gasteiger partial charge in [-0.25, -0.2) is 15.0 Å². The van der Waals surface area contributed by atoms with E-state index in [0.717, 1.165) is 78.3 Å². The van der Waals surface area contributed by atoms with Crippen molar-refractivity contribution >= 4 is 55.2 Å². The van der Waals surface area contributed by atoms with E-state index in [4.69, 9.17) is 15.0 Å². The summed E-state index contributed by atoms with van der Waals surface area (Å²) in [6.07, 6.45) is -0.426. The summed E-state index contributed by atoms with van der Waals surface area (Å²) in [5, 5.41) is 9.57. The zero-order valence-corrected chi connectivity index (χ0v) is 34.2. The van der Waals surface area contributed by atoms with Crippen LogP contribution in [0.3, 0.4) is 0 Å². The summed E-state index contributed by atoms with van der Waals surface area (Å²) in [5.74, 6) is 1.58. The summed E-state index contributed by atoms with van der Waals surface area (Å²) in [6, 6.07) is 79.3. The van der Waals surface area contributed by atoms with E-state index in [9.17, 15) is 0 Å². The van der Waals surface area contributed by atoms with E-state index in [0.29, 0.717) is 0 Å².